The number of piperidine rings is 2. The number of likely N-dealkylation sites (tertiary alicyclic amines) is 2. The van der Waals surface area contributed by atoms with Crippen LogP contribution in [0.4, 0.5) is 0 Å². The van der Waals surface area contributed by atoms with Gasteiger partial charge in [-0.25, -0.2) is 0 Å². The summed E-state index contributed by atoms with van der Waals surface area (Å²) in [5.74, 6) is 0.916. The second-order valence-electron chi connectivity index (χ2n) is 7.05. The van der Waals surface area contributed by atoms with Crippen molar-refractivity contribution in [2.45, 2.75) is 38.1 Å². The van der Waals surface area contributed by atoms with E-state index < -0.39 is 0 Å². The van der Waals surface area contributed by atoms with Gasteiger partial charge in [-0.05, 0) is 43.9 Å². The number of aryl methyl sites for hydroxylation is 1. The Morgan fingerprint density at radius 3 is 3.04 bits per heavy atom. The summed E-state index contributed by atoms with van der Waals surface area (Å²) in [5.41, 5.74) is 1.10. The molecule has 1 aromatic heterocycles. The first-order valence-electron chi connectivity index (χ1n) is 9.30. The van der Waals surface area contributed by atoms with E-state index in [4.69, 9.17) is 0 Å². The quantitative estimate of drug-likeness (QED) is 0.838. The van der Waals surface area contributed by atoms with Gasteiger partial charge >= 0.3 is 0 Å². The predicted molar refractivity (Wildman–Crippen MR) is 95.9 cm³/mol. The number of pyridine rings is 1. The Balaban J connectivity index is 1.53. The van der Waals surface area contributed by atoms with Crippen molar-refractivity contribution in [2.24, 2.45) is 5.92 Å². The Kier molecular flexibility index (Phi) is 6.02. The van der Waals surface area contributed by atoms with Crippen LogP contribution in [0.5, 0.6) is 0 Å². The number of nitrogens with zero attached hydrogens (tertiary/aromatic N) is 3. The van der Waals surface area contributed by atoms with Crippen LogP contribution < -0.4 is 5.32 Å². The largest absolute Gasteiger partial charge is 0.342 e. The molecule has 1 aromatic rings. The zero-order chi connectivity index (χ0) is 17.6. The Morgan fingerprint density at radius 2 is 2.28 bits per heavy atom. The molecule has 2 aliphatic heterocycles. The first-order valence-corrected chi connectivity index (χ1v) is 9.30. The first kappa shape index (κ1) is 17.9. The van der Waals surface area contributed by atoms with Crippen LogP contribution in [0.15, 0.2) is 24.5 Å². The molecule has 0 spiro atoms. The molecule has 0 aliphatic carbocycles. The molecule has 3 heterocycles. The topological polar surface area (TPSA) is 65.5 Å². The fourth-order valence-electron chi connectivity index (χ4n) is 4.06. The minimum atomic E-state index is 0.223. The molecular formula is C19H28N4O2. The van der Waals surface area contributed by atoms with E-state index in [9.17, 15) is 9.59 Å². The van der Waals surface area contributed by atoms with E-state index in [1.54, 1.807) is 6.20 Å². The maximum Gasteiger partial charge on any atom is 0.222 e. The molecule has 2 saturated heterocycles. The Hall–Kier alpha value is -1.95. The molecule has 2 unspecified atom stereocenters. The van der Waals surface area contributed by atoms with Gasteiger partial charge in [-0.2, -0.15) is 0 Å². The maximum absolute atomic E-state index is 12.6. The van der Waals surface area contributed by atoms with Gasteiger partial charge in [0.05, 0.1) is 0 Å². The molecule has 6 nitrogen and oxygen atoms in total. The average Bonchev–Trinajstić information content (AvgIpc) is 2.66. The Bertz CT molecular complexity index is 592. The van der Waals surface area contributed by atoms with Crippen LogP contribution in [0.3, 0.4) is 0 Å². The van der Waals surface area contributed by atoms with Crippen molar-refractivity contribution in [3.8, 4) is 0 Å². The number of fused-ring (bicyclic) bond motifs is 1. The summed E-state index contributed by atoms with van der Waals surface area (Å²) < 4.78 is 0. The maximum atomic E-state index is 12.6. The predicted octanol–water partition coefficient (Wildman–Crippen LogP) is 1.07. The van der Waals surface area contributed by atoms with Gasteiger partial charge < -0.3 is 15.1 Å². The molecule has 1 N–H and O–H groups in total. The van der Waals surface area contributed by atoms with Crippen molar-refractivity contribution in [1.29, 1.82) is 0 Å². The minimum Gasteiger partial charge on any atom is -0.342 e. The molecule has 2 atom stereocenters. The number of likely N-dealkylation sites (N-methyl/N-ethyl adjacent to an activating group) is 1. The van der Waals surface area contributed by atoms with Crippen LogP contribution in [-0.2, 0) is 16.0 Å². The third kappa shape index (κ3) is 4.37. The third-order valence-electron chi connectivity index (χ3n) is 5.45. The fraction of sp³-hybridized carbons (Fsp3) is 0.632. The lowest BCUT2D eigenvalue weighted by Gasteiger charge is -2.47. The summed E-state index contributed by atoms with van der Waals surface area (Å²) in [6.45, 7) is 3.14. The highest BCUT2D eigenvalue weighted by molar-refractivity contribution is 5.78. The van der Waals surface area contributed by atoms with Gasteiger partial charge in [-0.3, -0.25) is 14.6 Å². The van der Waals surface area contributed by atoms with Crippen molar-refractivity contribution in [1.82, 2.24) is 20.1 Å². The smallest absolute Gasteiger partial charge is 0.222 e. The lowest BCUT2D eigenvalue weighted by atomic mass is 9.83. The molecule has 6 heteroatoms. The summed E-state index contributed by atoms with van der Waals surface area (Å²) in [5, 5.41) is 3.13. The van der Waals surface area contributed by atoms with E-state index in [0.717, 1.165) is 51.0 Å². The van der Waals surface area contributed by atoms with E-state index in [1.807, 2.05) is 35.2 Å². The number of carbonyl (C=O) groups is 2. The van der Waals surface area contributed by atoms with Crippen LogP contribution in [0.2, 0.25) is 0 Å². The van der Waals surface area contributed by atoms with Crippen LogP contribution in [0, 0.1) is 5.92 Å². The Morgan fingerprint density at radius 1 is 1.40 bits per heavy atom. The van der Waals surface area contributed by atoms with Crippen LogP contribution in [0.25, 0.3) is 0 Å². The second-order valence-corrected chi connectivity index (χ2v) is 7.05. The number of carbonyl (C=O) groups excluding carboxylic acids is 2. The van der Waals surface area contributed by atoms with E-state index >= 15 is 0 Å². The molecule has 136 valence electrons. The molecule has 2 aliphatic rings. The zero-order valence-electron chi connectivity index (χ0n) is 15.0. The highest BCUT2D eigenvalue weighted by Crippen LogP contribution is 2.31. The number of amides is 2. The van der Waals surface area contributed by atoms with E-state index in [-0.39, 0.29) is 11.8 Å². The van der Waals surface area contributed by atoms with Crippen LogP contribution >= 0.6 is 0 Å². The lowest BCUT2D eigenvalue weighted by Crippen LogP contribution is -2.57. The number of hydrogen-bond acceptors (Lipinski definition) is 4. The number of hydrogen-bond donors (Lipinski definition) is 1. The molecule has 0 bridgehead atoms. The van der Waals surface area contributed by atoms with Gasteiger partial charge in [-0.15, -0.1) is 0 Å². The number of nitrogens with one attached hydrogen (secondary N) is 1. The first-order chi connectivity index (χ1) is 12.2. The summed E-state index contributed by atoms with van der Waals surface area (Å²) in [7, 11) is 1.91. The highest BCUT2D eigenvalue weighted by Gasteiger charge is 2.39. The minimum absolute atomic E-state index is 0.223. The highest BCUT2D eigenvalue weighted by atomic mass is 16.2. The van der Waals surface area contributed by atoms with Gasteiger partial charge in [0.1, 0.15) is 0 Å². The molecule has 2 amide bonds. The molecule has 0 saturated carbocycles. The van der Waals surface area contributed by atoms with Crippen LogP contribution in [0.1, 0.15) is 31.2 Å². The second kappa shape index (κ2) is 8.43. The monoisotopic (exact) mass is 344 g/mol. The van der Waals surface area contributed by atoms with Gasteiger partial charge in [0.2, 0.25) is 11.8 Å². The summed E-state index contributed by atoms with van der Waals surface area (Å²) in [6, 6.07) is 4.22. The van der Waals surface area contributed by atoms with Gasteiger partial charge in [-0.1, -0.05) is 6.07 Å². The molecular weight excluding hydrogens is 316 g/mol. The third-order valence-corrected chi connectivity index (χ3v) is 5.45. The average molecular weight is 344 g/mol. The zero-order valence-corrected chi connectivity index (χ0v) is 15.0. The van der Waals surface area contributed by atoms with E-state index in [1.165, 1.54) is 0 Å². The van der Waals surface area contributed by atoms with Crippen molar-refractivity contribution >= 4 is 11.8 Å². The summed E-state index contributed by atoms with van der Waals surface area (Å²) in [4.78, 5) is 33.0. The van der Waals surface area contributed by atoms with Gasteiger partial charge in [0.25, 0.3) is 0 Å². The molecule has 2 fully saturated rings. The molecule has 25 heavy (non-hydrogen) atoms. The standard InChI is InChI=1S/C19H28N4O2/c1-20-10-12-23-17-8-11-22(14-16(17)5-7-19(23)25)18(24)6-4-15-3-2-9-21-13-15/h2-3,9,13,16-17,20H,4-8,10-12,14H2,1H3. The van der Waals surface area contributed by atoms with Crippen molar-refractivity contribution in [3.63, 3.8) is 0 Å². The van der Waals surface area contributed by atoms with E-state index in [0.29, 0.717) is 24.8 Å². The normalized spacial score (nSPS) is 23.5. The summed E-state index contributed by atoms with van der Waals surface area (Å²) >= 11 is 0. The van der Waals surface area contributed by atoms with Crippen molar-refractivity contribution < 1.29 is 9.59 Å². The van der Waals surface area contributed by atoms with Gasteiger partial charge in [0, 0.05) is 57.5 Å². The SMILES string of the molecule is CNCCN1C(=O)CCC2CN(C(=O)CCc3cccnc3)CCC21. The molecule has 0 aromatic carbocycles. The summed E-state index contributed by atoms with van der Waals surface area (Å²) in [6.07, 6.45) is 7.27. The number of aromatic nitrogens is 1. The Labute approximate surface area is 149 Å². The molecule has 0 radical (unpaired) electrons. The van der Waals surface area contributed by atoms with Gasteiger partial charge in [0.15, 0.2) is 0 Å². The van der Waals surface area contributed by atoms with Crippen molar-refractivity contribution in [2.75, 3.05) is 33.2 Å². The van der Waals surface area contributed by atoms with Crippen LogP contribution in [-0.4, -0.2) is 65.9 Å². The van der Waals surface area contributed by atoms with E-state index in [2.05, 4.69) is 10.3 Å². The fourth-order valence-corrected chi connectivity index (χ4v) is 4.06. The molecule has 3 rings (SSSR count). The number of rotatable bonds is 6. The lowest BCUT2D eigenvalue weighted by molar-refractivity contribution is -0.144. The van der Waals surface area contributed by atoms with Crippen molar-refractivity contribution in [3.05, 3.63) is 30.1 Å².